The van der Waals surface area contributed by atoms with Gasteiger partial charge in [0.05, 0.1) is 24.5 Å². The Bertz CT molecular complexity index is 1270. The van der Waals surface area contributed by atoms with Gasteiger partial charge in [0.25, 0.3) is 0 Å². The summed E-state index contributed by atoms with van der Waals surface area (Å²) in [5, 5.41) is 7.97. The van der Waals surface area contributed by atoms with Gasteiger partial charge >= 0.3 is 0 Å². The smallest absolute Gasteiger partial charge is 0.163 e. The third-order valence-corrected chi connectivity index (χ3v) is 7.53. The quantitative estimate of drug-likeness (QED) is 0.392. The monoisotopic (exact) mass is 490 g/mol. The molecule has 0 spiro atoms. The molecule has 34 heavy (non-hydrogen) atoms. The van der Waals surface area contributed by atoms with Crippen LogP contribution in [0.5, 0.6) is 5.75 Å². The number of hydrogen-bond acceptors (Lipinski definition) is 5. The Labute approximate surface area is 209 Å². The Balaban J connectivity index is 1.53. The predicted molar refractivity (Wildman–Crippen MR) is 140 cm³/mol. The van der Waals surface area contributed by atoms with Gasteiger partial charge in [0.15, 0.2) is 5.78 Å². The Kier molecular flexibility index (Phi) is 6.09. The van der Waals surface area contributed by atoms with Crippen molar-refractivity contribution >= 4 is 40.5 Å². The summed E-state index contributed by atoms with van der Waals surface area (Å²) >= 11 is 7.85. The van der Waals surface area contributed by atoms with Crippen molar-refractivity contribution in [1.82, 2.24) is 0 Å². The average Bonchev–Trinajstić information content (AvgIpc) is 2.95. The van der Waals surface area contributed by atoms with Crippen molar-refractivity contribution in [2.45, 2.75) is 42.5 Å². The molecule has 2 N–H and O–H groups in total. The maximum absolute atomic E-state index is 13.4. The summed E-state index contributed by atoms with van der Waals surface area (Å²) in [6.07, 6.45) is 1.36. The van der Waals surface area contributed by atoms with Crippen molar-refractivity contribution in [1.29, 1.82) is 0 Å². The van der Waals surface area contributed by atoms with Crippen LogP contribution >= 0.6 is 23.4 Å². The molecule has 0 saturated carbocycles. The number of benzene rings is 3. The molecule has 0 amide bonds. The van der Waals surface area contributed by atoms with E-state index in [1.807, 2.05) is 36.4 Å². The average molecular weight is 491 g/mol. The normalized spacial score (nSPS) is 18.8. The molecular weight excluding hydrogens is 464 g/mol. The number of methoxy groups -OCH3 is 1. The second-order valence-corrected chi connectivity index (χ2v) is 11.2. The lowest BCUT2D eigenvalue weighted by Crippen LogP contribution is -2.31. The van der Waals surface area contributed by atoms with E-state index >= 15 is 0 Å². The molecule has 0 bridgehead atoms. The molecule has 0 saturated heterocycles. The molecule has 3 aromatic rings. The fraction of sp³-hybridized carbons (Fsp3) is 0.250. The highest BCUT2D eigenvalue weighted by molar-refractivity contribution is 7.99. The molecule has 0 radical (unpaired) electrons. The maximum Gasteiger partial charge on any atom is 0.163 e. The zero-order valence-electron chi connectivity index (χ0n) is 19.4. The van der Waals surface area contributed by atoms with Crippen LogP contribution in [0.2, 0.25) is 5.02 Å². The number of nitrogens with one attached hydrogen (secondary N) is 2. The van der Waals surface area contributed by atoms with Gasteiger partial charge < -0.3 is 15.4 Å². The molecule has 1 unspecified atom stereocenters. The summed E-state index contributed by atoms with van der Waals surface area (Å²) in [4.78, 5) is 15.6. The van der Waals surface area contributed by atoms with Crippen LogP contribution in [0.1, 0.15) is 38.3 Å². The van der Waals surface area contributed by atoms with Crippen molar-refractivity contribution < 1.29 is 9.53 Å². The van der Waals surface area contributed by atoms with Crippen LogP contribution in [0.3, 0.4) is 0 Å². The van der Waals surface area contributed by atoms with E-state index in [9.17, 15) is 4.79 Å². The van der Waals surface area contributed by atoms with Crippen LogP contribution in [-0.4, -0.2) is 12.9 Å². The van der Waals surface area contributed by atoms with E-state index in [0.717, 1.165) is 50.2 Å². The van der Waals surface area contributed by atoms with Gasteiger partial charge in [0, 0.05) is 32.5 Å². The molecular formula is C28H27ClN2O2S. The fourth-order valence-corrected chi connectivity index (χ4v) is 5.65. The van der Waals surface area contributed by atoms with Crippen molar-refractivity contribution in [2.24, 2.45) is 5.41 Å². The second kappa shape index (κ2) is 9.05. The number of ketones is 1. The van der Waals surface area contributed by atoms with Gasteiger partial charge in [0.2, 0.25) is 0 Å². The lowest BCUT2D eigenvalue weighted by atomic mass is 9.73. The van der Waals surface area contributed by atoms with Crippen LogP contribution in [-0.2, 0) is 4.79 Å². The summed E-state index contributed by atoms with van der Waals surface area (Å²) in [5.41, 5.74) is 4.72. The summed E-state index contributed by atoms with van der Waals surface area (Å²) in [6, 6.07) is 21.9. The topological polar surface area (TPSA) is 50.4 Å². The van der Waals surface area contributed by atoms with Gasteiger partial charge in [-0.3, -0.25) is 4.79 Å². The SMILES string of the molecule is COc1ccc(Sc2ccc3c(c2)NC(c2ccc(Cl)cc2)C2=C(CC(C)(C)CC2=O)N3)cc1. The molecule has 0 aromatic heterocycles. The predicted octanol–water partition coefficient (Wildman–Crippen LogP) is 7.72. The van der Waals surface area contributed by atoms with Gasteiger partial charge in [-0.1, -0.05) is 49.3 Å². The van der Waals surface area contributed by atoms with E-state index < -0.39 is 0 Å². The van der Waals surface area contributed by atoms with Gasteiger partial charge in [-0.05, 0) is 72.0 Å². The zero-order valence-corrected chi connectivity index (χ0v) is 21.0. The Morgan fingerprint density at radius 1 is 0.941 bits per heavy atom. The molecule has 3 aromatic carbocycles. The van der Waals surface area contributed by atoms with Gasteiger partial charge in [0.1, 0.15) is 5.75 Å². The van der Waals surface area contributed by atoms with Crippen LogP contribution in [0, 0.1) is 5.41 Å². The van der Waals surface area contributed by atoms with E-state index in [0.29, 0.717) is 11.4 Å². The number of halogens is 1. The molecule has 5 rings (SSSR count). The summed E-state index contributed by atoms with van der Waals surface area (Å²) < 4.78 is 5.27. The standard InChI is InChI=1S/C28H27ClN2O2S/c1-28(2)15-24-26(25(32)16-28)27(17-4-6-18(29)7-5-17)31-23-14-21(12-13-22(23)30-24)34-20-10-8-19(33-3)9-11-20/h4-14,27,30-31H,15-16H2,1-3H3. The summed E-state index contributed by atoms with van der Waals surface area (Å²) in [7, 11) is 1.67. The minimum atomic E-state index is -0.245. The van der Waals surface area contributed by atoms with Crippen LogP contribution in [0.25, 0.3) is 0 Å². The third kappa shape index (κ3) is 4.68. The van der Waals surface area contributed by atoms with Crippen molar-refractivity contribution in [3.63, 3.8) is 0 Å². The lowest BCUT2D eigenvalue weighted by molar-refractivity contribution is -0.118. The van der Waals surface area contributed by atoms with E-state index in [2.05, 4.69) is 54.8 Å². The number of anilines is 2. The van der Waals surface area contributed by atoms with E-state index in [-0.39, 0.29) is 17.2 Å². The zero-order chi connectivity index (χ0) is 23.9. The molecule has 1 heterocycles. The molecule has 174 valence electrons. The molecule has 4 nitrogen and oxygen atoms in total. The van der Waals surface area contributed by atoms with E-state index in [1.54, 1.807) is 18.9 Å². The lowest BCUT2D eigenvalue weighted by Gasteiger charge is -2.34. The number of Topliss-reactive ketones (excluding diaryl/α,β-unsaturated/α-hetero) is 1. The van der Waals surface area contributed by atoms with Gasteiger partial charge in [-0.15, -0.1) is 0 Å². The van der Waals surface area contributed by atoms with Crippen LogP contribution < -0.4 is 15.4 Å². The Hall–Kier alpha value is -2.89. The fourth-order valence-electron chi connectivity index (χ4n) is 4.67. The first-order chi connectivity index (χ1) is 16.3. The Morgan fingerprint density at radius 2 is 1.65 bits per heavy atom. The minimum absolute atomic E-state index is 0.0812. The van der Waals surface area contributed by atoms with E-state index in [1.165, 1.54) is 0 Å². The molecule has 0 fully saturated rings. The Morgan fingerprint density at radius 3 is 2.35 bits per heavy atom. The van der Waals surface area contributed by atoms with E-state index in [4.69, 9.17) is 16.3 Å². The second-order valence-electron chi connectivity index (χ2n) is 9.57. The number of ether oxygens (including phenoxy) is 1. The number of fused-ring (bicyclic) bond motifs is 1. The molecule has 1 atom stereocenters. The first-order valence-electron chi connectivity index (χ1n) is 11.3. The maximum atomic E-state index is 13.4. The largest absolute Gasteiger partial charge is 0.497 e. The van der Waals surface area contributed by atoms with Gasteiger partial charge in [-0.2, -0.15) is 0 Å². The number of carbonyl (C=O) groups excluding carboxylic acids is 1. The number of rotatable bonds is 4. The number of allylic oxidation sites excluding steroid dienone is 1. The summed E-state index contributed by atoms with van der Waals surface area (Å²) in [6.45, 7) is 4.31. The van der Waals surface area contributed by atoms with Crippen LogP contribution in [0.15, 0.2) is 87.8 Å². The highest BCUT2D eigenvalue weighted by Crippen LogP contribution is 2.46. The van der Waals surface area contributed by atoms with Crippen molar-refractivity contribution in [3.8, 4) is 5.75 Å². The minimum Gasteiger partial charge on any atom is -0.497 e. The van der Waals surface area contributed by atoms with Crippen LogP contribution in [0.4, 0.5) is 11.4 Å². The first kappa shape index (κ1) is 22.9. The first-order valence-corrected chi connectivity index (χ1v) is 12.5. The van der Waals surface area contributed by atoms with Gasteiger partial charge in [-0.25, -0.2) is 0 Å². The molecule has 6 heteroatoms. The highest BCUT2D eigenvalue weighted by Gasteiger charge is 2.38. The molecule has 2 aliphatic rings. The highest BCUT2D eigenvalue weighted by atomic mass is 35.5. The number of hydrogen-bond donors (Lipinski definition) is 2. The summed E-state index contributed by atoms with van der Waals surface area (Å²) in [5.74, 6) is 1.03. The van der Waals surface area contributed by atoms with Crippen molar-refractivity contribution in [3.05, 3.63) is 88.6 Å². The molecule has 1 aliphatic heterocycles. The third-order valence-electron chi connectivity index (χ3n) is 6.28. The van der Waals surface area contributed by atoms with Crippen molar-refractivity contribution in [2.75, 3.05) is 17.7 Å². The molecule has 1 aliphatic carbocycles. The number of carbonyl (C=O) groups is 1.